The van der Waals surface area contributed by atoms with Crippen LogP contribution in [-0.2, 0) is 13.6 Å². The van der Waals surface area contributed by atoms with E-state index < -0.39 is 0 Å². The van der Waals surface area contributed by atoms with Gasteiger partial charge in [-0.25, -0.2) is 4.98 Å². The second-order valence-electron chi connectivity index (χ2n) is 3.66. The third-order valence-electron chi connectivity index (χ3n) is 2.55. The molecule has 0 radical (unpaired) electrons. The predicted molar refractivity (Wildman–Crippen MR) is 62.8 cm³/mol. The molecular formula is C11H15N3S. The Hall–Kier alpha value is -1.13. The molecule has 0 saturated heterocycles. The van der Waals surface area contributed by atoms with E-state index in [1.165, 1.54) is 11.3 Å². The minimum Gasteiger partial charge on any atom is -0.337 e. The van der Waals surface area contributed by atoms with Crippen molar-refractivity contribution >= 4 is 11.3 Å². The Morgan fingerprint density at radius 2 is 2.47 bits per heavy atom. The fourth-order valence-corrected chi connectivity index (χ4v) is 2.21. The third-order valence-corrected chi connectivity index (χ3v) is 3.25. The van der Waals surface area contributed by atoms with Crippen LogP contribution in [0.3, 0.4) is 0 Å². The maximum Gasteiger partial charge on any atom is 0.0945 e. The summed E-state index contributed by atoms with van der Waals surface area (Å²) in [5.41, 5.74) is 2.55. The average molecular weight is 221 g/mol. The highest BCUT2D eigenvalue weighted by Crippen LogP contribution is 2.15. The van der Waals surface area contributed by atoms with Crippen molar-refractivity contribution in [1.29, 1.82) is 0 Å². The van der Waals surface area contributed by atoms with Crippen LogP contribution in [0.1, 0.15) is 24.2 Å². The summed E-state index contributed by atoms with van der Waals surface area (Å²) in [5, 5.41) is 7.76. The van der Waals surface area contributed by atoms with E-state index >= 15 is 0 Å². The second kappa shape index (κ2) is 4.59. The van der Waals surface area contributed by atoms with Crippen molar-refractivity contribution in [3.05, 3.63) is 40.6 Å². The highest BCUT2D eigenvalue weighted by molar-refractivity contribution is 7.07. The van der Waals surface area contributed by atoms with Crippen molar-refractivity contribution in [3.8, 4) is 0 Å². The largest absolute Gasteiger partial charge is 0.337 e. The lowest BCUT2D eigenvalue weighted by atomic mass is 10.2. The van der Waals surface area contributed by atoms with Crippen LogP contribution in [-0.4, -0.2) is 9.55 Å². The number of imidazole rings is 1. The number of nitrogens with zero attached hydrogens (tertiary/aromatic N) is 2. The Labute approximate surface area is 93.8 Å². The van der Waals surface area contributed by atoms with E-state index in [0.29, 0.717) is 6.04 Å². The van der Waals surface area contributed by atoms with Crippen LogP contribution in [0.2, 0.25) is 0 Å². The van der Waals surface area contributed by atoms with Crippen LogP contribution in [0.4, 0.5) is 0 Å². The lowest BCUT2D eigenvalue weighted by Gasteiger charge is -2.12. The Balaban J connectivity index is 1.91. The van der Waals surface area contributed by atoms with Gasteiger partial charge in [0.05, 0.1) is 12.0 Å². The van der Waals surface area contributed by atoms with E-state index in [9.17, 15) is 0 Å². The van der Waals surface area contributed by atoms with Crippen LogP contribution < -0.4 is 5.32 Å². The van der Waals surface area contributed by atoms with E-state index in [1.54, 1.807) is 11.3 Å². The summed E-state index contributed by atoms with van der Waals surface area (Å²) in [6.45, 7) is 3.03. The van der Waals surface area contributed by atoms with E-state index in [-0.39, 0.29) is 0 Å². The molecule has 2 aromatic heterocycles. The summed E-state index contributed by atoms with van der Waals surface area (Å²) >= 11 is 1.74. The van der Waals surface area contributed by atoms with Gasteiger partial charge in [0.15, 0.2) is 0 Å². The second-order valence-corrected chi connectivity index (χ2v) is 4.44. The van der Waals surface area contributed by atoms with Crippen LogP contribution >= 0.6 is 11.3 Å². The van der Waals surface area contributed by atoms with Crippen molar-refractivity contribution in [3.63, 3.8) is 0 Å². The zero-order chi connectivity index (χ0) is 10.7. The Kier molecular flexibility index (Phi) is 3.18. The summed E-state index contributed by atoms with van der Waals surface area (Å²) in [6.07, 6.45) is 3.72. The minimum absolute atomic E-state index is 0.395. The fraction of sp³-hybridized carbons (Fsp3) is 0.364. The van der Waals surface area contributed by atoms with E-state index in [0.717, 1.165) is 6.54 Å². The molecule has 0 aliphatic carbocycles. The third kappa shape index (κ3) is 2.46. The SMILES string of the molecule is CC(NCc1cncn1C)c1ccsc1. The van der Waals surface area contributed by atoms with Crippen molar-refractivity contribution in [1.82, 2.24) is 14.9 Å². The zero-order valence-corrected chi connectivity index (χ0v) is 9.79. The first-order chi connectivity index (χ1) is 7.27. The molecule has 2 rings (SSSR count). The van der Waals surface area contributed by atoms with Crippen molar-refractivity contribution < 1.29 is 0 Å². The predicted octanol–water partition coefficient (Wildman–Crippen LogP) is 2.33. The molecule has 3 nitrogen and oxygen atoms in total. The van der Waals surface area contributed by atoms with Gasteiger partial charge in [0.1, 0.15) is 0 Å². The van der Waals surface area contributed by atoms with Gasteiger partial charge in [-0.1, -0.05) is 0 Å². The molecule has 2 heterocycles. The van der Waals surface area contributed by atoms with Gasteiger partial charge in [0.2, 0.25) is 0 Å². The van der Waals surface area contributed by atoms with E-state index in [1.807, 2.05) is 24.1 Å². The molecule has 1 N–H and O–H groups in total. The Morgan fingerprint density at radius 1 is 1.60 bits per heavy atom. The summed E-state index contributed by atoms with van der Waals surface area (Å²) in [6, 6.07) is 2.55. The van der Waals surface area contributed by atoms with E-state index in [4.69, 9.17) is 0 Å². The summed E-state index contributed by atoms with van der Waals surface area (Å²) < 4.78 is 2.04. The Bertz CT molecular complexity index is 405. The molecule has 0 amide bonds. The van der Waals surface area contributed by atoms with Crippen LogP contribution in [0.15, 0.2) is 29.4 Å². The van der Waals surface area contributed by atoms with Gasteiger partial charge in [-0.15, -0.1) is 0 Å². The van der Waals surface area contributed by atoms with Gasteiger partial charge in [-0.3, -0.25) is 0 Å². The molecule has 4 heteroatoms. The lowest BCUT2D eigenvalue weighted by Crippen LogP contribution is -2.18. The van der Waals surface area contributed by atoms with Gasteiger partial charge in [0, 0.05) is 25.8 Å². The molecule has 1 atom stereocenters. The molecule has 1 unspecified atom stereocenters. The smallest absolute Gasteiger partial charge is 0.0945 e. The molecule has 15 heavy (non-hydrogen) atoms. The Morgan fingerprint density at radius 3 is 3.07 bits per heavy atom. The van der Waals surface area contributed by atoms with Crippen LogP contribution in [0.25, 0.3) is 0 Å². The summed E-state index contributed by atoms with van der Waals surface area (Å²) in [4.78, 5) is 4.09. The number of aryl methyl sites for hydroxylation is 1. The zero-order valence-electron chi connectivity index (χ0n) is 8.97. The quantitative estimate of drug-likeness (QED) is 0.858. The van der Waals surface area contributed by atoms with E-state index in [2.05, 4.69) is 34.1 Å². The fourth-order valence-electron chi connectivity index (χ4n) is 1.45. The van der Waals surface area contributed by atoms with Gasteiger partial charge >= 0.3 is 0 Å². The monoisotopic (exact) mass is 221 g/mol. The number of aromatic nitrogens is 2. The van der Waals surface area contributed by atoms with Crippen LogP contribution in [0, 0.1) is 0 Å². The summed E-state index contributed by atoms with van der Waals surface area (Å²) in [7, 11) is 2.01. The minimum atomic E-state index is 0.395. The molecule has 0 saturated carbocycles. The molecule has 0 aliphatic rings. The number of nitrogens with one attached hydrogen (secondary N) is 1. The number of hydrogen-bond donors (Lipinski definition) is 1. The first-order valence-electron chi connectivity index (χ1n) is 4.98. The molecule has 0 aliphatic heterocycles. The topological polar surface area (TPSA) is 29.9 Å². The van der Waals surface area contributed by atoms with Crippen molar-refractivity contribution in [2.45, 2.75) is 19.5 Å². The lowest BCUT2D eigenvalue weighted by molar-refractivity contribution is 0.559. The first kappa shape index (κ1) is 10.4. The highest BCUT2D eigenvalue weighted by atomic mass is 32.1. The number of rotatable bonds is 4. The molecular weight excluding hydrogens is 206 g/mol. The molecule has 0 fully saturated rings. The standard InChI is InChI=1S/C11H15N3S/c1-9(10-3-4-15-7-10)13-6-11-5-12-8-14(11)2/h3-5,7-9,13H,6H2,1-2H3. The average Bonchev–Trinajstić information content (AvgIpc) is 2.85. The summed E-state index contributed by atoms with van der Waals surface area (Å²) in [5.74, 6) is 0. The van der Waals surface area contributed by atoms with Gasteiger partial charge in [-0.2, -0.15) is 11.3 Å². The van der Waals surface area contributed by atoms with Gasteiger partial charge in [0.25, 0.3) is 0 Å². The van der Waals surface area contributed by atoms with Gasteiger partial charge in [-0.05, 0) is 29.3 Å². The van der Waals surface area contributed by atoms with Crippen molar-refractivity contribution in [2.75, 3.05) is 0 Å². The number of thiophene rings is 1. The highest BCUT2D eigenvalue weighted by Gasteiger charge is 2.05. The number of hydrogen-bond acceptors (Lipinski definition) is 3. The molecule has 0 spiro atoms. The first-order valence-corrected chi connectivity index (χ1v) is 5.92. The molecule has 2 aromatic rings. The van der Waals surface area contributed by atoms with Gasteiger partial charge < -0.3 is 9.88 Å². The van der Waals surface area contributed by atoms with Crippen molar-refractivity contribution in [2.24, 2.45) is 7.05 Å². The normalized spacial score (nSPS) is 12.9. The van der Waals surface area contributed by atoms with Crippen LogP contribution in [0.5, 0.6) is 0 Å². The molecule has 0 bridgehead atoms. The maximum atomic E-state index is 4.09. The molecule has 0 aromatic carbocycles. The maximum absolute atomic E-state index is 4.09. The molecule has 80 valence electrons.